The van der Waals surface area contributed by atoms with Gasteiger partial charge in [-0.25, -0.2) is 0 Å². The third kappa shape index (κ3) is 2.27. The van der Waals surface area contributed by atoms with Crippen molar-refractivity contribution in [2.45, 2.75) is 19.9 Å². The first kappa shape index (κ1) is 10.4. The number of hydrogen-bond acceptors (Lipinski definition) is 3. The van der Waals surface area contributed by atoms with Gasteiger partial charge in [0.1, 0.15) is 0 Å². The van der Waals surface area contributed by atoms with E-state index in [0.29, 0.717) is 0 Å². The van der Waals surface area contributed by atoms with Crippen molar-refractivity contribution in [2.75, 3.05) is 6.54 Å². The number of aryl methyl sites for hydroxylation is 1. The van der Waals surface area contributed by atoms with Crippen LogP contribution < -0.4 is 5.32 Å². The Hall–Kier alpha value is -1.13. The summed E-state index contributed by atoms with van der Waals surface area (Å²) in [5.74, 6) is 0. The van der Waals surface area contributed by atoms with Gasteiger partial charge in [0, 0.05) is 16.0 Å². The molecule has 2 rings (SSSR count). The van der Waals surface area contributed by atoms with Gasteiger partial charge in [0.15, 0.2) is 0 Å². The van der Waals surface area contributed by atoms with Gasteiger partial charge in [0.05, 0.1) is 11.7 Å². The maximum atomic E-state index is 4.00. The normalized spacial score (nSPS) is 12.9. The van der Waals surface area contributed by atoms with Gasteiger partial charge in [-0.15, -0.1) is 11.3 Å². The predicted octanol–water partition coefficient (Wildman–Crippen LogP) is 2.48. The van der Waals surface area contributed by atoms with Gasteiger partial charge >= 0.3 is 0 Å². The molecule has 0 spiro atoms. The van der Waals surface area contributed by atoms with Crippen molar-refractivity contribution in [3.05, 3.63) is 39.8 Å². The molecular weight excluding hydrogens is 206 g/mol. The van der Waals surface area contributed by atoms with Gasteiger partial charge in [-0.05, 0) is 31.7 Å². The molecule has 0 fully saturated rings. The lowest BCUT2D eigenvalue weighted by Crippen LogP contribution is -2.21. The molecule has 0 aliphatic heterocycles. The van der Waals surface area contributed by atoms with Crippen molar-refractivity contribution >= 4 is 11.3 Å². The molecule has 0 saturated heterocycles. The molecule has 2 aromatic heterocycles. The van der Waals surface area contributed by atoms with Crippen LogP contribution in [0.1, 0.15) is 28.4 Å². The zero-order valence-corrected chi connectivity index (χ0v) is 9.77. The summed E-state index contributed by atoms with van der Waals surface area (Å²) in [5, 5.41) is 10.5. The van der Waals surface area contributed by atoms with Gasteiger partial charge in [-0.3, -0.25) is 5.10 Å². The molecule has 1 unspecified atom stereocenters. The van der Waals surface area contributed by atoms with E-state index in [1.54, 1.807) is 6.20 Å². The summed E-state index contributed by atoms with van der Waals surface area (Å²) >= 11 is 1.82. The summed E-state index contributed by atoms with van der Waals surface area (Å²) in [7, 11) is 0. The van der Waals surface area contributed by atoms with Crippen molar-refractivity contribution in [3.63, 3.8) is 0 Å². The van der Waals surface area contributed by atoms with Gasteiger partial charge in [0.25, 0.3) is 0 Å². The molecular formula is C11H15N3S. The molecule has 0 aliphatic carbocycles. The largest absolute Gasteiger partial charge is 0.305 e. The number of H-pyrrole nitrogens is 1. The molecule has 2 heterocycles. The van der Waals surface area contributed by atoms with Crippen LogP contribution in [0.15, 0.2) is 24.4 Å². The Morgan fingerprint density at radius 3 is 2.87 bits per heavy atom. The second-order valence-electron chi connectivity index (χ2n) is 3.45. The van der Waals surface area contributed by atoms with E-state index in [1.807, 2.05) is 17.4 Å². The molecule has 3 nitrogen and oxygen atoms in total. The zero-order chi connectivity index (χ0) is 10.7. The van der Waals surface area contributed by atoms with Gasteiger partial charge in [0.2, 0.25) is 0 Å². The number of rotatable bonds is 4. The number of nitrogens with zero attached hydrogens (tertiary/aromatic N) is 1. The molecule has 1 atom stereocenters. The molecule has 2 aromatic rings. The topological polar surface area (TPSA) is 40.7 Å². The van der Waals surface area contributed by atoms with Crippen LogP contribution in [-0.4, -0.2) is 16.7 Å². The smallest absolute Gasteiger partial charge is 0.0839 e. The summed E-state index contributed by atoms with van der Waals surface area (Å²) in [4.78, 5) is 2.67. The number of nitrogens with one attached hydrogen (secondary N) is 2. The van der Waals surface area contributed by atoms with Gasteiger partial charge in [-0.2, -0.15) is 5.10 Å². The number of aromatic nitrogens is 2. The molecule has 0 radical (unpaired) electrons. The Bertz CT molecular complexity index is 405. The molecule has 2 N–H and O–H groups in total. The van der Waals surface area contributed by atoms with E-state index in [-0.39, 0.29) is 6.04 Å². The summed E-state index contributed by atoms with van der Waals surface area (Å²) in [6.07, 6.45) is 1.79. The monoisotopic (exact) mass is 221 g/mol. The maximum absolute atomic E-state index is 4.00. The number of hydrogen-bond donors (Lipinski definition) is 2. The van der Waals surface area contributed by atoms with Crippen molar-refractivity contribution in [1.29, 1.82) is 0 Å². The van der Waals surface area contributed by atoms with Crippen LogP contribution in [0, 0.1) is 6.92 Å². The molecule has 0 amide bonds. The minimum atomic E-state index is 0.246. The Morgan fingerprint density at radius 2 is 2.33 bits per heavy atom. The maximum Gasteiger partial charge on any atom is 0.0839 e. The quantitative estimate of drug-likeness (QED) is 0.832. The molecule has 0 saturated carbocycles. The first-order valence-electron chi connectivity index (χ1n) is 5.10. The predicted molar refractivity (Wildman–Crippen MR) is 63.2 cm³/mol. The number of aromatic amines is 1. The van der Waals surface area contributed by atoms with E-state index in [2.05, 4.69) is 41.5 Å². The van der Waals surface area contributed by atoms with Crippen LogP contribution in [0.25, 0.3) is 0 Å². The minimum Gasteiger partial charge on any atom is -0.305 e. The molecule has 0 aromatic carbocycles. The third-order valence-electron chi connectivity index (χ3n) is 2.29. The molecule has 0 aliphatic rings. The summed E-state index contributed by atoms with van der Waals surface area (Å²) < 4.78 is 0. The highest BCUT2D eigenvalue weighted by Crippen LogP contribution is 2.26. The second-order valence-corrected chi connectivity index (χ2v) is 4.77. The highest BCUT2D eigenvalue weighted by Gasteiger charge is 2.15. The van der Waals surface area contributed by atoms with E-state index >= 15 is 0 Å². The van der Waals surface area contributed by atoms with E-state index in [9.17, 15) is 0 Å². The van der Waals surface area contributed by atoms with Crippen molar-refractivity contribution in [2.24, 2.45) is 0 Å². The Labute approximate surface area is 93.5 Å². The SMILES string of the molecule is CCNC(c1ccn[nH]1)c1ccc(C)s1. The van der Waals surface area contributed by atoms with Crippen LogP contribution in [-0.2, 0) is 0 Å². The average Bonchev–Trinajstić information content (AvgIpc) is 2.85. The van der Waals surface area contributed by atoms with Crippen LogP contribution >= 0.6 is 11.3 Å². The van der Waals surface area contributed by atoms with Crippen LogP contribution in [0.3, 0.4) is 0 Å². The fourth-order valence-electron chi connectivity index (χ4n) is 1.60. The molecule has 15 heavy (non-hydrogen) atoms. The molecule has 80 valence electrons. The standard InChI is InChI=1S/C11H15N3S/c1-3-12-11(9-6-7-13-14-9)10-5-4-8(2)15-10/h4-7,11-12H,3H2,1-2H3,(H,13,14). The van der Waals surface area contributed by atoms with Crippen LogP contribution in [0.4, 0.5) is 0 Å². The fourth-order valence-corrected chi connectivity index (χ4v) is 2.58. The van der Waals surface area contributed by atoms with E-state index in [0.717, 1.165) is 12.2 Å². The third-order valence-corrected chi connectivity index (χ3v) is 3.35. The lowest BCUT2D eigenvalue weighted by Gasteiger charge is -2.14. The van der Waals surface area contributed by atoms with Crippen molar-refractivity contribution in [3.8, 4) is 0 Å². The number of thiophene rings is 1. The van der Waals surface area contributed by atoms with Crippen LogP contribution in [0.5, 0.6) is 0 Å². The Balaban J connectivity index is 2.27. The van der Waals surface area contributed by atoms with Crippen molar-refractivity contribution < 1.29 is 0 Å². The highest BCUT2D eigenvalue weighted by atomic mass is 32.1. The van der Waals surface area contributed by atoms with Gasteiger partial charge in [-0.1, -0.05) is 6.92 Å². The molecule has 0 bridgehead atoms. The van der Waals surface area contributed by atoms with E-state index in [1.165, 1.54) is 9.75 Å². The van der Waals surface area contributed by atoms with Crippen LogP contribution in [0.2, 0.25) is 0 Å². The first-order valence-corrected chi connectivity index (χ1v) is 5.92. The second kappa shape index (κ2) is 4.59. The highest BCUT2D eigenvalue weighted by molar-refractivity contribution is 7.12. The first-order chi connectivity index (χ1) is 7.31. The average molecular weight is 221 g/mol. The zero-order valence-electron chi connectivity index (χ0n) is 8.95. The summed E-state index contributed by atoms with van der Waals surface area (Å²) in [6.45, 7) is 5.19. The van der Waals surface area contributed by atoms with Crippen molar-refractivity contribution in [1.82, 2.24) is 15.5 Å². The Kier molecular flexibility index (Phi) is 3.18. The summed E-state index contributed by atoms with van der Waals surface area (Å²) in [6, 6.07) is 6.59. The van der Waals surface area contributed by atoms with E-state index < -0.39 is 0 Å². The summed E-state index contributed by atoms with van der Waals surface area (Å²) in [5.41, 5.74) is 1.12. The Morgan fingerprint density at radius 1 is 1.47 bits per heavy atom. The van der Waals surface area contributed by atoms with Gasteiger partial charge < -0.3 is 5.32 Å². The molecule has 4 heteroatoms. The lowest BCUT2D eigenvalue weighted by atomic mass is 10.2. The van der Waals surface area contributed by atoms with E-state index in [4.69, 9.17) is 0 Å². The fraction of sp³-hybridized carbons (Fsp3) is 0.364. The lowest BCUT2D eigenvalue weighted by molar-refractivity contribution is 0.622. The minimum absolute atomic E-state index is 0.246.